The van der Waals surface area contributed by atoms with Gasteiger partial charge in [0.2, 0.25) is 0 Å². The molecule has 0 aliphatic heterocycles. The van der Waals surface area contributed by atoms with E-state index in [2.05, 4.69) is 0 Å². The Balaban J connectivity index is 2.13. The molecule has 4 nitrogen and oxygen atoms in total. The molecule has 21 heavy (non-hydrogen) atoms. The summed E-state index contributed by atoms with van der Waals surface area (Å²) in [6, 6.07) is 13.2. The lowest BCUT2D eigenvalue weighted by atomic mass is 10.1. The highest BCUT2D eigenvalue weighted by atomic mass is 32.2. The fourth-order valence-corrected chi connectivity index (χ4v) is 2.75. The van der Waals surface area contributed by atoms with E-state index in [0.717, 1.165) is 17.4 Å². The van der Waals surface area contributed by atoms with E-state index in [1.165, 1.54) is 12.1 Å². The maximum atomic E-state index is 12.1. The molecule has 0 unspecified atom stereocenters. The Morgan fingerprint density at radius 1 is 1.00 bits per heavy atom. The molecule has 0 heterocycles. The van der Waals surface area contributed by atoms with E-state index in [9.17, 15) is 13.2 Å². The molecule has 0 amide bonds. The van der Waals surface area contributed by atoms with Crippen molar-refractivity contribution >= 4 is 16.4 Å². The minimum Gasteiger partial charge on any atom is -0.379 e. The average molecular weight is 304 g/mol. The highest BCUT2D eigenvalue weighted by Crippen LogP contribution is 2.20. The van der Waals surface area contributed by atoms with Crippen molar-refractivity contribution in [1.29, 1.82) is 0 Å². The number of hydrogen-bond donors (Lipinski definition) is 0. The maximum Gasteiger partial charge on any atom is 0.339 e. The number of hydrogen-bond acceptors (Lipinski definition) is 4. The summed E-state index contributed by atoms with van der Waals surface area (Å²) >= 11 is 0. The highest BCUT2D eigenvalue weighted by molar-refractivity contribution is 7.87. The smallest absolute Gasteiger partial charge is 0.339 e. The van der Waals surface area contributed by atoms with Gasteiger partial charge in [-0.3, -0.25) is 0 Å². The normalized spacial score (nSPS) is 11.1. The Labute approximate surface area is 124 Å². The van der Waals surface area contributed by atoms with E-state index in [1.54, 1.807) is 36.4 Å². The SMILES string of the molecule is Cc1ccc(S(=O)(=O)Oc2ccc(CCC=O)cc2)cc1. The van der Waals surface area contributed by atoms with Gasteiger partial charge in [0.25, 0.3) is 0 Å². The monoisotopic (exact) mass is 304 g/mol. The van der Waals surface area contributed by atoms with Gasteiger partial charge in [-0.25, -0.2) is 0 Å². The topological polar surface area (TPSA) is 60.4 Å². The van der Waals surface area contributed by atoms with Crippen molar-refractivity contribution in [2.24, 2.45) is 0 Å². The summed E-state index contributed by atoms with van der Waals surface area (Å²) in [5, 5.41) is 0. The Hall–Kier alpha value is -2.14. The van der Waals surface area contributed by atoms with Crippen molar-refractivity contribution in [3.63, 3.8) is 0 Å². The summed E-state index contributed by atoms with van der Waals surface area (Å²) in [5.41, 5.74) is 1.94. The number of rotatable bonds is 6. The third-order valence-corrected chi connectivity index (χ3v) is 4.25. The quantitative estimate of drug-likeness (QED) is 0.608. The number of carbonyl (C=O) groups is 1. The molecule has 2 aromatic carbocycles. The van der Waals surface area contributed by atoms with Crippen LogP contribution in [0.3, 0.4) is 0 Å². The van der Waals surface area contributed by atoms with Gasteiger partial charge in [-0.15, -0.1) is 0 Å². The van der Waals surface area contributed by atoms with Crippen LogP contribution in [0.5, 0.6) is 5.75 Å². The zero-order chi connectivity index (χ0) is 15.3. The molecular weight excluding hydrogens is 288 g/mol. The third-order valence-electron chi connectivity index (χ3n) is 2.99. The number of aldehydes is 1. The van der Waals surface area contributed by atoms with E-state index >= 15 is 0 Å². The van der Waals surface area contributed by atoms with E-state index in [1.807, 2.05) is 6.92 Å². The predicted octanol–water partition coefficient (Wildman–Crippen LogP) is 2.89. The first-order valence-electron chi connectivity index (χ1n) is 6.55. The van der Waals surface area contributed by atoms with Crippen molar-refractivity contribution < 1.29 is 17.4 Å². The molecule has 110 valence electrons. The van der Waals surface area contributed by atoms with E-state index in [-0.39, 0.29) is 10.6 Å². The van der Waals surface area contributed by atoms with E-state index in [4.69, 9.17) is 4.18 Å². The molecule has 0 saturated carbocycles. The largest absolute Gasteiger partial charge is 0.379 e. The fraction of sp³-hybridized carbons (Fsp3) is 0.188. The third kappa shape index (κ3) is 4.16. The molecule has 2 rings (SSSR count). The van der Waals surface area contributed by atoms with Crippen molar-refractivity contribution in [2.75, 3.05) is 0 Å². The Kier molecular flexibility index (Phi) is 4.75. The molecule has 0 fully saturated rings. The van der Waals surface area contributed by atoms with Crippen LogP contribution >= 0.6 is 0 Å². The molecule has 5 heteroatoms. The maximum absolute atomic E-state index is 12.1. The first-order chi connectivity index (χ1) is 10.0. The molecule has 0 N–H and O–H groups in total. The summed E-state index contributed by atoms with van der Waals surface area (Å²) in [6.07, 6.45) is 1.93. The van der Waals surface area contributed by atoms with Gasteiger partial charge in [-0.1, -0.05) is 29.8 Å². The predicted molar refractivity (Wildman–Crippen MR) is 79.8 cm³/mol. The van der Waals surface area contributed by atoms with Crippen LogP contribution in [0.2, 0.25) is 0 Å². The number of carbonyl (C=O) groups excluding carboxylic acids is 1. The Morgan fingerprint density at radius 3 is 2.19 bits per heavy atom. The molecule has 0 radical (unpaired) electrons. The van der Waals surface area contributed by atoms with Crippen LogP contribution in [0.25, 0.3) is 0 Å². The molecule has 0 aliphatic carbocycles. The number of benzene rings is 2. The van der Waals surface area contributed by atoms with Crippen LogP contribution < -0.4 is 4.18 Å². The van der Waals surface area contributed by atoms with Gasteiger partial charge >= 0.3 is 10.1 Å². The highest BCUT2D eigenvalue weighted by Gasteiger charge is 2.16. The van der Waals surface area contributed by atoms with E-state index in [0.29, 0.717) is 12.8 Å². The lowest BCUT2D eigenvalue weighted by Crippen LogP contribution is -2.09. The first kappa shape index (κ1) is 15.3. The summed E-state index contributed by atoms with van der Waals surface area (Å²) in [7, 11) is -3.82. The standard InChI is InChI=1S/C16H16O4S/c1-13-4-10-16(11-5-13)21(18,19)20-15-8-6-14(7-9-15)3-2-12-17/h4-12H,2-3H2,1H3. The molecule has 0 bridgehead atoms. The van der Waals surface area contributed by atoms with Gasteiger partial charge in [0.05, 0.1) is 0 Å². The second kappa shape index (κ2) is 6.54. The zero-order valence-electron chi connectivity index (χ0n) is 11.7. The summed E-state index contributed by atoms with van der Waals surface area (Å²) in [5.74, 6) is 0.255. The first-order valence-corrected chi connectivity index (χ1v) is 7.96. The lowest BCUT2D eigenvalue weighted by molar-refractivity contribution is -0.107. The Morgan fingerprint density at radius 2 is 1.62 bits per heavy atom. The van der Waals surface area contributed by atoms with Crippen molar-refractivity contribution in [3.8, 4) is 5.75 Å². The fourth-order valence-electron chi connectivity index (χ4n) is 1.82. The van der Waals surface area contributed by atoms with Crippen LogP contribution in [0.1, 0.15) is 17.5 Å². The van der Waals surface area contributed by atoms with Crippen molar-refractivity contribution in [3.05, 3.63) is 59.7 Å². The van der Waals surface area contributed by atoms with Gasteiger partial charge in [-0.2, -0.15) is 8.42 Å². The summed E-state index contributed by atoms with van der Waals surface area (Å²) in [6.45, 7) is 1.88. The zero-order valence-corrected chi connectivity index (χ0v) is 12.5. The molecule has 0 spiro atoms. The Bertz CT molecular complexity index is 701. The van der Waals surface area contributed by atoms with Gasteiger partial charge in [0, 0.05) is 6.42 Å². The van der Waals surface area contributed by atoms with E-state index < -0.39 is 10.1 Å². The van der Waals surface area contributed by atoms with Crippen molar-refractivity contribution in [2.45, 2.75) is 24.7 Å². The van der Waals surface area contributed by atoms with Gasteiger partial charge in [0.15, 0.2) is 0 Å². The molecular formula is C16H16O4S. The molecule has 0 saturated heterocycles. The lowest BCUT2D eigenvalue weighted by Gasteiger charge is -2.08. The van der Waals surface area contributed by atoms with Crippen LogP contribution in [0, 0.1) is 6.92 Å². The van der Waals surface area contributed by atoms with Gasteiger partial charge in [-0.05, 0) is 43.2 Å². The minimum atomic E-state index is -3.82. The van der Waals surface area contributed by atoms with Crippen LogP contribution in [-0.4, -0.2) is 14.7 Å². The molecule has 0 aromatic heterocycles. The molecule has 0 aliphatic rings. The van der Waals surface area contributed by atoms with Crippen molar-refractivity contribution in [1.82, 2.24) is 0 Å². The van der Waals surface area contributed by atoms with Gasteiger partial charge in [0.1, 0.15) is 16.9 Å². The van der Waals surface area contributed by atoms with Crippen LogP contribution in [0.4, 0.5) is 0 Å². The van der Waals surface area contributed by atoms with Crippen LogP contribution in [0.15, 0.2) is 53.4 Å². The van der Waals surface area contributed by atoms with Gasteiger partial charge < -0.3 is 8.98 Å². The minimum absolute atomic E-state index is 0.123. The van der Waals surface area contributed by atoms with Crippen LogP contribution in [-0.2, 0) is 21.3 Å². The molecule has 2 aromatic rings. The summed E-state index contributed by atoms with van der Waals surface area (Å²) < 4.78 is 29.3. The summed E-state index contributed by atoms with van der Waals surface area (Å²) in [4.78, 5) is 10.4. The second-order valence-electron chi connectivity index (χ2n) is 4.70. The number of aryl methyl sites for hydroxylation is 2. The molecule has 0 atom stereocenters. The second-order valence-corrected chi connectivity index (χ2v) is 6.25. The average Bonchev–Trinajstić information content (AvgIpc) is 2.47.